The zero-order valence-electron chi connectivity index (χ0n) is 14.5. The fraction of sp³-hybridized carbons (Fsp3) is 0.368. The summed E-state index contributed by atoms with van der Waals surface area (Å²) in [5.74, 6) is 0.180. The van der Waals surface area contributed by atoms with E-state index >= 15 is 0 Å². The van der Waals surface area contributed by atoms with Crippen LogP contribution >= 0.6 is 11.3 Å². The number of carbonyl (C=O) groups excluding carboxylic acids is 1. The summed E-state index contributed by atoms with van der Waals surface area (Å²) in [6.07, 6.45) is 7.70. The Balaban J connectivity index is 1.88. The van der Waals surface area contributed by atoms with Crippen molar-refractivity contribution < 1.29 is 9.53 Å². The molecule has 5 nitrogen and oxygen atoms in total. The first-order valence-electron chi connectivity index (χ1n) is 8.59. The van der Waals surface area contributed by atoms with E-state index in [0.29, 0.717) is 10.0 Å². The quantitative estimate of drug-likeness (QED) is 0.641. The summed E-state index contributed by atoms with van der Waals surface area (Å²) in [5.41, 5.74) is 2.34. The highest BCUT2D eigenvalue weighted by Crippen LogP contribution is 2.36. The third-order valence-corrected chi connectivity index (χ3v) is 5.41. The molecule has 132 valence electrons. The number of Topliss-reactive ketones (excluding diaryl/α,β-unsaturated/α-hetero) is 1. The fourth-order valence-corrected chi connectivity index (χ4v) is 3.96. The van der Waals surface area contributed by atoms with Gasteiger partial charge in [0.25, 0.3) is 0 Å². The Hall–Kier alpha value is -2.34. The van der Waals surface area contributed by atoms with Crippen LogP contribution in [-0.2, 0) is 4.74 Å². The van der Waals surface area contributed by atoms with Crippen LogP contribution in [0.5, 0.6) is 0 Å². The van der Waals surface area contributed by atoms with Gasteiger partial charge >= 0.3 is 0 Å². The Labute approximate surface area is 151 Å². The van der Waals surface area contributed by atoms with E-state index in [1.807, 2.05) is 38.3 Å². The summed E-state index contributed by atoms with van der Waals surface area (Å²) in [6.45, 7) is 8.13. The van der Waals surface area contributed by atoms with Gasteiger partial charge in [-0.25, -0.2) is 4.98 Å². The van der Waals surface area contributed by atoms with Crippen LogP contribution in [0.2, 0.25) is 0 Å². The van der Waals surface area contributed by atoms with Crippen molar-refractivity contribution in [3.05, 3.63) is 53.5 Å². The maximum atomic E-state index is 13.0. The molecule has 25 heavy (non-hydrogen) atoms. The van der Waals surface area contributed by atoms with Crippen LogP contribution in [-0.4, -0.2) is 15.8 Å². The lowest BCUT2D eigenvalue weighted by Gasteiger charge is -2.13. The first-order valence-corrected chi connectivity index (χ1v) is 9.40. The van der Waals surface area contributed by atoms with Crippen LogP contribution in [0, 0.1) is 5.92 Å². The number of thiazole rings is 1. The van der Waals surface area contributed by atoms with Crippen molar-refractivity contribution in [3.8, 4) is 0 Å². The van der Waals surface area contributed by atoms with E-state index in [1.165, 1.54) is 11.3 Å². The minimum atomic E-state index is -0.182. The summed E-state index contributed by atoms with van der Waals surface area (Å²) >= 11 is 1.38. The van der Waals surface area contributed by atoms with Crippen LogP contribution in [0.3, 0.4) is 0 Å². The molecule has 3 heterocycles. The summed E-state index contributed by atoms with van der Waals surface area (Å²) in [5, 5.41) is 3.88. The van der Waals surface area contributed by atoms with Gasteiger partial charge in [0.05, 0.1) is 22.5 Å². The molecule has 0 amide bonds. The summed E-state index contributed by atoms with van der Waals surface area (Å²) in [7, 11) is 0. The van der Waals surface area contributed by atoms with Gasteiger partial charge in [-0.1, -0.05) is 31.8 Å². The smallest absolute Gasteiger partial charge is 0.188 e. The lowest BCUT2D eigenvalue weighted by Crippen LogP contribution is -2.14. The highest BCUT2D eigenvalue weighted by molar-refractivity contribution is 7.17. The number of hydrogen-bond donors (Lipinski definition) is 2. The molecule has 0 aliphatic carbocycles. The maximum absolute atomic E-state index is 13.0. The number of aromatic amines is 1. The number of carbonyl (C=O) groups is 1. The van der Waals surface area contributed by atoms with E-state index in [-0.39, 0.29) is 17.8 Å². The molecule has 1 unspecified atom stereocenters. The first-order chi connectivity index (χ1) is 12.1. The number of nitrogens with zero attached hydrogens (tertiary/aromatic N) is 1. The summed E-state index contributed by atoms with van der Waals surface area (Å²) in [6, 6.07) is 3.85. The number of hydrogen-bond acceptors (Lipinski definition) is 5. The number of ether oxygens (including phenoxy) is 1. The zero-order chi connectivity index (χ0) is 17.8. The average molecular weight is 357 g/mol. The molecule has 2 aromatic rings. The van der Waals surface area contributed by atoms with Crippen LogP contribution in [0.1, 0.15) is 60.3 Å². The Bertz CT molecular complexity index is 765. The van der Waals surface area contributed by atoms with Gasteiger partial charge in [0.1, 0.15) is 11.8 Å². The topological polar surface area (TPSA) is 67.0 Å². The Morgan fingerprint density at radius 3 is 2.92 bits per heavy atom. The molecular weight excluding hydrogens is 334 g/mol. The zero-order valence-corrected chi connectivity index (χ0v) is 15.4. The molecule has 6 heteroatoms. The monoisotopic (exact) mass is 357 g/mol. The SMILES string of the molecule is C=C(Nc1nc(C2CC=CO2)c(C(=O)C(CC)CC)s1)c1ccc[nH]1. The average Bonchev–Trinajstić information content (AvgIpc) is 3.36. The van der Waals surface area contributed by atoms with Crippen LogP contribution in [0.15, 0.2) is 37.2 Å². The molecule has 0 saturated carbocycles. The largest absolute Gasteiger partial charge is 0.492 e. The van der Waals surface area contributed by atoms with Gasteiger partial charge in [0, 0.05) is 18.5 Å². The molecule has 2 N–H and O–H groups in total. The van der Waals surface area contributed by atoms with E-state index in [2.05, 4.69) is 21.9 Å². The molecule has 0 bridgehead atoms. The summed E-state index contributed by atoms with van der Waals surface area (Å²) in [4.78, 5) is 21.4. The standard InChI is InChI=1S/C19H23N3O2S/c1-4-13(5-2)17(23)18-16(15-9-7-11-24-15)22-19(25-18)21-12(3)14-8-6-10-20-14/h6-8,10-11,13,15,20H,3-5,9H2,1-2H3,(H,21,22). The van der Waals surface area contributed by atoms with E-state index < -0.39 is 0 Å². The number of rotatable bonds is 8. The molecule has 3 rings (SSSR count). The third kappa shape index (κ3) is 3.69. The predicted molar refractivity (Wildman–Crippen MR) is 102 cm³/mol. The predicted octanol–water partition coefficient (Wildman–Crippen LogP) is 5.15. The molecule has 0 spiro atoms. The Morgan fingerprint density at radius 1 is 1.52 bits per heavy atom. The van der Waals surface area contributed by atoms with Crippen molar-refractivity contribution >= 4 is 27.9 Å². The van der Waals surface area contributed by atoms with Crippen molar-refractivity contribution in [2.45, 2.75) is 39.2 Å². The maximum Gasteiger partial charge on any atom is 0.188 e. The number of H-pyrrole nitrogens is 1. The van der Waals surface area contributed by atoms with Crippen molar-refractivity contribution in [1.82, 2.24) is 9.97 Å². The van der Waals surface area contributed by atoms with E-state index in [4.69, 9.17) is 4.74 Å². The Kier molecular flexibility index (Phi) is 5.38. The molecular formula is C19H23N3O2S. The number of anilines is 1. The highest BCUT2D eigenvalue weighted by Gasteiger charge is 2.29. The molecule has 0 aromatic carbocycles. The second-order valence-electron chi connectivity index (χ2n) is 6.03. The molecule has 0 fully saturated rings. The van der Waals surface area contributed by atoms with Crippen molar-refractivity contribution in [2.24, 2.45) is 5.92 Å². The minimum Gasteiger partial charge on any atom is -0.492 e. The van der Waals surface area contributed by atoms with Gasteiger partial charge in [0.2, 0.25) is 0 Å². The second kappa shape index (κ2) is 7.70. The molecule has 1 atom stereocenters. The van der Waals surface area contributed by atoms with E-state index in [9.17, 15) is 4.79 Å². The van der Waals surface area contributed by atoms with Gasteiger partial charge in [-0.15, -0.1) is 0 Å². The number of aromatic nitrogens is 2. The molecule has 0 radical (unpaired) electrons. The summed E-state index contributed by atoms with van der Waals surface area (Å²) < 4.78 is 5.62. The van der Waals surface area contributed by atoms with Crippen LogP contribution < -0.4 is 5.32 Å². The van der Waals surface area contributed by atoms with Gasteiger partial charge in [-0.3, -0.25) is 4.79 Å². The lowest BCUT2D eigenvalue weighted by atomic mass is 9.95. The van der Waals surface area contributed by atoms with Gasteiger partial charge in [0.15, 0.2) is 10.9 Å². The highest BCUT2D eigenvalue weighted by atomic mass is 32.1. The molecule has 1 aliphatic heterocycles. The normalized spacial score (nSPS) is 16.2. The van der Waals surface area contributed by atoms with Gasteiger partial charge < -0.3 is 15.0 Å². The van der Waals surface area contributed by atoms with Crippen molar-refractivity contribution in [1.29, 1.82) is 0 Å². The molecule has 2 aromatic heterocycles. The fourth-order valence-electron chi connectivity index (χ4n) is 2.90. The van der Waals surface area contributed by atoms with E-state index in [1.54, 1.807) is 6.26 Å². The lowest BCUT2D eigenvalue weighted by molar-refractivity contribution is 0.0910. The van der Waals surface area contributed by atoms with Crippen LogP contribution in [0.4, 0.5) is 5.13 Å². The second-order valence-corrected chi connectivity index (χ2v) is 7.03. The van der Waals surface area contributed by atoms with Gasteiger partial charge in [-0.2, -0.15) is 0 Å². The van der Waals surface area contributed by atoms with Crippen molar-refractivity contribution in [2.75, 3.05) is 5.32 Å². The minimum absolute atomic E-state index is 0.0213. The number of ketones is 1. The first kappa shape index (κ1) is 17.5. The number of nitrogens with one attached hydrogen (secondary N) is 2. The van der Waals surface area contributed by atoms with Crippen LogP contribution in [0.25, 0.3) is 5.70 Å². The molecule has 0 saturated heterocycles. The molecule has 1 aliphatic rings. The van der Waals surface area contributed by atoms with E-state index in [0.717, 1.165) is 36.3 Å². The van der Waals surface area contributed by atoms with Gasteiger partial charge in [-0.05, 0) is 31.1 Å². The Morgan fingerprint density at radius 2 is 2.32 bits per heavy atom. The third-order valence-electron chi connectivity index (χ3n) is 4.41. The van der Waals surface area contributed by atoms with Crippen molar-refractivity contribution in [3.63, 3.8) is 0 Å².